The summed E-state index contributed by atoms with van der Waals surface area (Å²) in [5, 5.41) is 10.9. The van der Waals surface area contributed by atoms with Gasteiger partial charge >= 0.3 is 0 Å². The molecule has 2 aromatic rings. The highest BCUT2D eigenvalue weighted by atomic mass is 35.5. The van der Waals surface area contributed by atoms with Crippen LogP contribution in [0.1, 0.15) is 18.6 Å². The van der Waals surface area contributed by atoms with Gasteiger partial charge in [0.15, 0.2) is 5.82 Å². The number of aromatic nitrogens is 3. The zero-order valence-corrected chi connectivity index (χ0v) is 9.75. The van der Waals surface area contributed by atoms with E-state index >= 15 is 0 Å². The molecule has 0 unspecified atom stereocenters. The second kappa shape index (κ2) is 4.99. The van der Waals surface area contributed by atoms with Gasteiger partial charge in [0.2, 0.25) is 0 Å². The first kappa shape index (κ1) is 11.0. The molecule has 0 amide bonds. The van der Waals surface area contributed by atoms with E-state index < -0.39 is 0 Å². The Labute approximate surface area is 99.1 Å². The van der Waals surface area contributed by atoms with Crippen molar-refractivity contribution in [2.24, 2.45) is 0 Å². The fraction of sp³-hybridized carbons (Fsp3) is 0.273. The third-order valence-electron chi connectivity index (χ3n) is 2.20. The summed E-state index contributed by atoms with van der Waals surface area (Å²) >= 11 is 5.79. The average molecular weight is 237 g/mol. The van der Waals surface area contributed by atoms with Crippen molar-refractivity contribution in [3.8, 4) is 0 Å². The van der Waals surface area contributed by atoms with Crippen LogP contribution in [0.2, 0.25) is 5.02 Å². The van der Waals surface area contributed by atoms with Crippen LogP contribution in [0, 0.1) is 0 Å². The van der Waals surface area contributed by atoms with Crippen molar-refractivity contribution in [1.82, 2.24) is 15.2 Å². The van der Waals surface area contributed by atoms with Gasteiger partial charge in [-0.05, 0) is 24.3 Å². The fourth-order valence-electron chi connectivity index (χ4n) is 1.33. The van der Waals surface area contributed by atoms with Gasteiger partial charge in [-0.25, -0.2) is 4.98 Å². The number of hydrogen-bond donors (Lipinski definition) is 2. The molecule has 0 radical (unpaired) electrons. The van der Waals surface area contributed by atoms with Crippen LogP contribution in [-0.2, 0) is 13.0 Å². The molecule has 1 aromatic carbocycles. The Morgan fingerprint density at radius 2 is 2.06 bits per heavy atom. The second-order valence-corrected chi connectivity index (χ2v) is 3.85. The van der Waals surface area contributed by atoms with Gasteiger partial charge in [0.1, 0.15) is 5.82 Å². The molecule has 0 bridgehead atoms. The first-order valence-corrected chi connectivity index (χ1v) is 5.55. The minimum absolute atomic E-state index is 0.634. The number of hydrogen-bond acceptors (Lipinski definition) is 3. The molecule has 0 aliphatic rings. The van der Waals surface area contributed by atoms with E-state index in [1.54, 1.807) is 0 Å². The van der Waals surface area contributed by atoms with E-state index in [2.05, 4.69) is 20.5 Å². The predicted molar refractivity (Wildman–Crippen MR) is 64.5 cm³/mol. The summed E-state index contributed by atoms with van der Waals surface area (Å²) < 4.78 is 0. The Hall–Kier alpha value is -1.55. The Balaban J connectivity index is 1.94. The van der Waals surface area contributed by atoms with Crippen molar-refractivity contribution >= 4 is 17.3 Å². The molecule has 2 N–H and O–H groups in total. The molecule has 0 aliphatic carbocycles. The Morgan fingerprint density at radius 3 is 2.69 bits per heavy atom. The molecule has 84 valence electrons. The van der Waals surface area contributed by atoms with Gasteiger partial charge in [-0.1, -0.05) is 18.5 Å². The summed E-state index contributed by atoms with van der Waals surface area (Å²) in [6.07, 6.45) is 0.845. The average Bonchev–Trinajstić information content (AvgIpc) is 2.76. The summed E-state index contributed by atoms with van der Waals surface area (Å²) in [6.45, 7) is 2.66. The lowest BCUT2D eigenvalue weighted by Gasteiger charge is -2.03. The minimum atomic E-state index is 0.634. The summed E-state index contributed by atoms with van der Waals surface area (Å²) in [4.78, 5) is 4.31. The quantitative estimate of drug-likeness (QED) is 0.858. The molecule has 0 saturated carbocycles. The highest BCUT2D eigenvalue weighted by Crippen LogP contribution is 2.13. The molecule has 0 aliphatic heterocycles. The third-order valence-corrected chi connectivity index (χ3v) is 2.45. The van der Waals surface area contributed by atoms with Crippen molar-refractivity contribution in [2.45, 2.75) is 19.9 Å². The van der Waals surface area contributed by atoms with Crippen LogP contribution in [0.15, 0.2) is 24.3 Å². The van der Waals surface area contributed by atoms with E-state index in [4.69, 9.17) is 11.6 Å². The summed E-state index contributed by atoms with van der Waals surface area (Å²) in [7, 11) is 0. The smallest absolute Gasteiger partial charge is 0.150 e. The first-order valence-electron chi connectivity index (χ1n) is 5.17. The molecule has 5 heteroatoms. The number of nitrogens with one attached hydrogen (secondary N) is 2. The topological polar surface area (TPSA) is 53.6 Å². The van der Waals surface area contributed by atoms with Crippen LogP contribution in [0.25, 0.3) is 0 Å². The number of nitrogens with zero attached hydrogens (tertiary/aromatic N) is 2. The van der Waals surface area contributed by atoms with Gasteiger partial charge in [0, 0.05) is 17.1 Å². The SMILES string of the molecule is CCc1n[nH]c(CNc2ccc(Cl)cc2)n1. The monoisotopic (exact) mass is 236 g/mol. The number of halogens is 1. The van der Waals surface area contributed by atoms with Gasteiger partial charge in [-0.2, -0.15) is 5.10 Å². The van der Waals surface area contributed by atoms with Crippen LogP contribution in [0.4, 0.5) is 5.69 Å². The summed E-state index contributed by atoms with van der Waals surface area (Å²) in [5.41, 5.74) is 1.01. The van der Waals surface area contributed by atoms with Crippen LogP contribution in [-0.4, -0.2) is 15.2 Å². The van der Waals surface area contributed by atoms with Crippen LogP contribution >= 0.6 is 11.6 Å². The van der Waals surface area contributed by atoms with E-state index in [0.29, 0.717) is 6.54 Å². The number of rotatable bonds is 4. The molecular formula is C11H13ClN4. The molecule has 0 saturated heterocycles. The van der Waals surface area contributed by atoms with E-state index in [-0.39, 0.29) is 0 Å². The van der Waals surface area contributed by atoms with E-state index in [0.717, 1.165) is 28.8 Å². The summed E-state index contributed by atoms with van der Waals surface area (Å²) in [6, 6.07) is 7.56. The van der Waals surface area contributed by atoms with Crippen LogP contribution in [0.5, 0.6) is 0 Å². The van der Waals surface area contributed by atoms with Crippen molar-refractivity contribution < 1.29 is 0 Å². The maximum atomic E-state index is 5.79. The number of benzene rings is 1. The van der Waals surface area contributed by atoms with Gasteiger partial charge < -0.3 is 5.32 Å². The molecule has 1 heterocycles. The van der Waals surface area contributed by atoms with Gasteiger partial charge in [-0.3, -0.25) is 5.10 Å². The summed E-state index contributed by atoms with van der Waals surface area (Å²) in [5.74, 6) is 1.68. The van der Waals surface area contributed by atoms with Crippen molar-refractivity contribution in [3.05, 3.63) is 40.9 Å². The normalized spacial score (nSPS) is 10.4. The molecule has 4 nitrogen and oxygen atoms in total. The molecule has 0 fully saturated rings. The number of aryl methyl sites for hydroxylation is 1. The van der Waals surface area contributed by atoms with Gasteiger partial charge in [0.25, 0.3) is 0 Å². The van der Waals surface area contributed by atoms with Crippen LogP contribution in [0.3, 0.4) is 0 Å². The number of anilines is 1. The lowest BCUT2D eigenvalue weighted by molar-refractivity contribution is 0.939. The van der Waals surface area contributed by atoms with Crippen LogP contribution < -0.4 is 5.32 Å². The maximum Gasteiger partial charge on any atom is 0.150 e. The number of aromatic amines is 1. The fourth-order valence-corrected chi connectivity index (χ4v) is 1.45. The van der Waals surface area contributed by atoms with Gasteiger partial charge in [-0.15, -0.1) is 0 Å². The molecule has 2 rings (SSSR count). The zero-order valence-electron chi connectivity index (χ0n) is 9.00. The third kappa shape index (κ3) is 2.73. The Morgan fingerprint density at radius 1 is 1.31 bits per heavy atom. The molecular weight excluding hydrogens is 224 g/mol. The standard InChI is InChI=1S/C11H13ClN4/c1-2-10-14-11(16-15-10)7-13-9-5-3-8(12)4-6-9/h3-6,13H,2,7H2,1H3,(H,14,15,16). The Kier molecular flexibility index (Phi) is 3.41. The lowest BCUT2D eigenvalue weighted by atomic mass is 10.3. The lowest BCUT2D eigenvalue weighted by Crippen LogP contribution is -2.01. The second-order valence-electron chi connectivity index (χ2n) is 3.41. The Bertz CT molecular complexity index is 449. The number of H-pyrrole nitrogens is 1. The first-order chi connectivity index (χ1) is 7.78. The van der Waals surface area contributed by atoms with Gasteiger partial charge in [0.05, 0.1) is 6.54 Å². The molecule has 0 spiro atoms. The maximum absolute atomic E-state index is 5.79. The molecule has 0 atom stereocenters. The zero-order chi connectivity index (χ0) is 11.4. The highest BCUT2D eigenvalue weighted by Gasteiger charge is 2.00. The van der Waals surface area contributed by atoms with Crippen molar-refractivity contribution in [3.63, 3.8) is 0 Å². The van der Waals surface area contributed by atoms with E-state index in [1.165, 1.54) is 0 Å². The van der Waals surface area contributed by atoms with Crippen molar-refractivity contribution in [1.29, 1.82) is 0 Å². The predicted octanol–water partition coefficient (Wildman–Crippen LogP) is 2.63. The molecule has 16 heavy (non-hydrogen) atoms. The minimum Gasteiger partial charge on any atom is -0.378 e. The largest absolute Gasteiger partial charge is 0.378 e. The van der Waals surface area contributed by atoms with E-state index in [9.17, 15) is 0 Å². The highest BCUT2D eigenvalue weighted by molar-refractivity contribution is 6.30. The molecule has 1 aromatic heterocycles. The van der Waals surface area contributed by atoms with E-state index in [1.807, 2.05) is 31.2 Å². The van der Waals surface area contributed by atoms with Crippen molar-refractivity contribution in [2.75, 3.05) is 5.32 Å².